The van der Waals surface area contributed by atoms with E-state index in [2.05, 4.69) is 21.2 Å². The van der Waals surface area contributed by atoms with Crippen molar-refractivity contribution in [1.82, 2.24) is 0 Å². The molecule has 0 aliphatic carbocycles. The fourth-order valence-corrected chi connectivity index (χ4v) is 1.48. The molecule has 1 aromatic rings. The van der Waals surface area contributed by atoms with E-state index in [1.54, 1.807) is 18.2 Å². The summed E-state index contributed by atoms with van der Waals surface area (Å²) >= 11 is 14.9. The molecule has 17 heavy (non-hydrogen) atoms. The zero-order valence-corrected chi connectivity index (χ0v) is 12.3. The van der Waals surface area contributed by atoms with E-state index in [1.807, 2.05) is 6.92 Å². The van der Waals surface area contributed by atoms with Crippen LogP contribution < -0.4 is 5.32 Å². The van der Waals surface area contributed by atoms with E-state index < -0.39 is 6.09 Å². The zero-order valence-electron chi connectivity index (χ0n) is 9.17. The minimum Gasteiger partial charge on any atom is -0.449 e. The summed E-state index contributed by atoms with van der Waals surface area (Å²) in [5.74, 6) is 0.273. The summed E-state index contributed by atoms with van der Waals surface area (Å²) in [5.41, 5.74) is 0.552. The van der Waals surface area contributed by atoms with Crippen molar-refractivity contribution in [2.24, 2.45) is 5.92 Å². The van der Waals surface area contributed by atoms with Crippen molar-refractivity contribution >= 4 is 50.9 Å². The first-order chi connectivity index (χ1) is 8.02. The Kier molecular flexibility index (Phi) is 6.09. The van der Waals surface area contributed by atoms with Crippen molar-refractivity contribution in [2.45, 2.75) is 6.92 Å². The fraction of sp³-hybridized carbons (Fsp3) is 0.364. The molecule has 0 aliphatic heterocycles. The van der Waals surface area contributed by atoms with Crippen LogP contribution in [0.4, 0.5) is 10.5 Å². The molecule has 1 aromatic carbocycles. The van der Waals surface area contributed by atoms with E-state index in [4.69, 9.17) is 27.9 Å². The summed E-state index contributed by atoms with van der Waals surface area (Å²) in [7, 11) is 0. The molecule has 0 radical (unpaired) electrons. The Labute approximate surface area is 119 Å². The summed E-state index contributed by atoms with van der Waals surface area (Å²) in [5, 5.41) is 4.19. The standard InChI is InChI=1S/C11H12BrCl2NO2/c1-7(5-12)6-17-11(16)15-8-2-3-9(13)10(14)4-8/h2-4,7H,5-6H2,1H3,(H,15,16). The van der Waals surface area contributed by atoms with Gasteiger partial charge in [0, 0.05) is 16.9 Å². The Bertz CT molecular complexity index is 401. The van der Waals surface area contributed by atoms with Crippen molar-refractivity contribution in [3.63, 3.8) is 0 Å². The predicted octanol–water partition coefficient (Wildman–Crippen LogP) is 4.57. The van der Waals surface area contributed by atoms with Gasteiger partial charge in [-0.1, -0.05) is 46.1 Å². The highest BCUT2D eigenvalue weighted by Gasteiger charge is 2.07. The number of benzene rings is 1. The highest BCUT2D eigenvalue weighted by Crippen LogP contribution is 2.25. The number of rotatable bonds is 4. The Hall–Kier alpha value is -0.450. The fourth-order valence-electron chi connectivity index (χ4n) is 0.990. The molecule has 6 heteroatoms. The van der Waals surface area contributed by atoms with Crippen LogP contribution in [0.15, 0.2) is 18.2 Å². The van der Waals surface area contributed by atoms with E-state index in [9.17, 15) is 4.79 Å². The van der Waals surface area contributed by atoms with Crippen LogP contribution in [0.2, 0.25) is 10.0 Å². The molecule has 3 nitrogen and oxygen atoms in total. The molecule has 0 bridgehead atoms. The van der Waals surface area contributed by atoms with Gasteiger partial charge in [0.2, 0.25) is 0 Å². The summed E-state index contributed by atoms with van der Waals surface area (Å²) in [6.45, 7) is 2.33. The van der Waals surface area contributed by atoms with Crippen LogP contribution in [0, 0.1) is 5.92 Å². The molecule has 0 saturated carbocycles. The van der Waals surface area contributed by atoms with Crippen LogP contribution in [0.3, 0.4) is 0 Å². The van der Waals surface area contributed by atoms with Gasteiger partial charge in [0.05, 0.1) is 16.7 Å². The molecule has 1 unspecified atom stereocenters. The third-order valence-electron chi connectivity index (χ3n) is 1.93. The van der Waals surface area contributed by atoms with Gasteiger partial charge < -0.3 is 4.74 Å². The topological polar surface area (TPSA) is 38.3 Å². The maximum atomic E-state index is 11.4. The molecule has 1 N–H and O–H groups in total. The first kappa shape index (κ1) is 14.6. The summed E-state index contributed by atoms with van der Waals surface area (Å²) in [6.07, 6.45) is -0.504. The van der Waals surface area contributed by atoms with Gasteiger partial charge in [-0.15, -0.1) is 0 Å². The number of anilines is 1. The van der Waals surface area contributed by atoms with Gasteiger partial charge in [0.15, 0.2) is 0 Å². The van der Waals surface area contributed by atoms with Gasteiger partial charge in [0.25, 0.3) is 0 Å². The van der Waals surface area contributed by atoms with E-state index in [0.717, 1.165) is 5.33 Å². The van der Waals surface area contributed by atoms with Crippen LogP contribution in [0.25, 0.3) is 0 Å². The van der Waals surface area contributed by atoms with Crippen molar-refractivity contribution < 1.29 is 9.53 Å². The lowest BCUT2D eigenvalue weighted by atomic mass is 10.2. The van der Waals surface area contributed by atoms with Gasteiger partial charge in [-0.25, -0.2) is 4.79 Å². The number of ether oxygens (including phenoxy) is 1. The normalized spacial score (nSPS) is 12.0. The monoisotopic (exact) mass is 339 g/mol. The number of hydrogen-bond donors (Lipinski definition) is 1. The third kappa shape index (κ3) is 5.15. The first-order valence-corrected chi connectivity index (χ1v) is 6.85. The molecule has 1 atom stereocenters. The highest BCUT2D eigenvalue weighted by molar-refractivity contribution is 9.09. The second kappa shape index (κ2) is 7.09. The molecule has 0 fully saturated rings. The number of carbonyl (C=O) groups is 1. The lowest BCUT2D eigenvalue weighted by molar-refractivity contribution is 0.148. The van der Waals surface area contributed by atoms with E-state index in [1.165, 1.54) is 0 Å². The molecule has 0 heterocycles. The molecular formula is C11H12BrCl2NO2. The van der Waals surface area contributed by atoms with Crippen LogP contribution in [0.5, 0.6) is 0 Å². The van der Waals surface area contributed by atoms with Gasteiger partial charge in [-0.05, 0) is 18.2 Å². The Morgan fingerprint density at radius 1 is 1.47 bits per heavy atom. The molecule has 1 rings (SSSR count). The first-order valence-electron chi connectivity index (χ1n) is 4.97. The van der Waals surface area contributed by atoms with E-state index in [-0.39, 0.29) is 5.92 Å². The molecule has 1 amide bonds. The number of hydrogen-bond acceptors (Lipinski definition) is 2. The SMILES string of the molecule is CC(CBr)COC(=O)Nc1ccc(Cl)c(Cl)c1. The lowest BCUT2D eigenvalue weighted by Crippen LogP contribution is -2.18. The second-order valence-electron chi connectivity index (χ2n) is 3.61. The number of alkyl halides is 1. The average Bonchev–Trinajstić information content (AvgIpc) is 2.31. The third-order valence-corrected chi connectivity index (χ3v) is 3.77. The van der Waals surface area contributed by atoms with E-state index in [0.29, 0.717) is 22.3 Å². The van der Waals surface area contributed by atoms with Gasteiger partial charge >= 0.3 is 6.09 Å². The highest BCUT2D eigenvalue weighted by atomic mass is 79.9. The largest absolute Gasteiger partial charge is 0.449 e. The van der Waals surface area contributed by atoms with Crippen molar-refractivity contribution in [3.05, 3.63) is 28.2 Å². The van der Waals surface area contributed by atoms with Crippen molar-refractivity contribution in [2.75, 3.05) is 17.3 Å². The predicted molar refractivity (Wildman–Crippen MR) is 74.4 cm³/mol. The van der Waals surface area contributed by atoms with Gasteiger partial charge in [-0.3, -0.25) is 5.32 Å². The Balaban J connectivity index is 2.48. The Morgan fingerprint density at radius 2 is 2.18 bits per heavy atom. The molecular weight excluding hydrogens is 329 g/mol. The van der Waals surface area contributed by atoms with Crippen molar-refractivity contribution in [3.8, 4) is 0 Å². The zero-order chi connectivity index (χ0) is 12.8. The molecule has 0 aromatic heterocycles. The van der Waals surface area contributed by atoms with Crippen LogP contribution >= 0.6 is 39.1 Å². The molecule has 0 saturated heterocycles. The summed E-state index contributed by atoms with van der Waals surface area (Å²) in [6, 6.07) is 4.84. The molecule has 0 spiro atoms. The minimum absolute atomic E-state index is 0.273. The number of carbonyl (C=O) groups excluding carboxylic acids is 1. The van der Waals surface area contributed by atoms with Crippen LogP contribution in [-0.4, -0.2) is 18.0 Å². The minimum atomic E-state index is -0.504. The van der Waals surface area contributed by atoms with Gasteiger partial charge in [-0.2, -0.15) is 0 Å². The quantitative estimate of drug-likeness (QED) is 0.815. The number of amides is 1. The number of nitrogens with one attached hydrogen (secondary N) is 1. The van der Waals surface area contributed by atoms with E-state index >= 15 is 0 Å². The maximum absolute atomic E-state index is 11.4. The van der Waals surface area contributed by atoms with Gasteiger partial charge in [0.1, 0.15) is 0 Å². The van der Waals surface area contributed by atoms with Crippen molar-refractivity contribution in [1.29, 1.82) is 0 Å². The smallest absolute Gasteiger partial charge is 0.411 e. The average molecular weight is 341 g/mol. The Morgan fingerprint density at radius 3 is 2.76 bits per heavy atom. The summed E-state index contributed by atoms with van der Waals surface area (Å²) < 4.78 is 5.01. The van der Waals surface area contributed by atoms with Crippen LogP contribution in [-0.2, 0) is 4.74 Å². The molecule has 0 aliphatic rings. The maximum Gasteiger partial charge on any atom is 0.411 e. The number of halogens is 3. The summed E-state index contributed by atoms with van der Waals surface area (Å²) in [4.78, 5) is 11.4. The molecule has 94 valence electrons. The van der Waals surface area contributed by atoms with Crippen LogP contribution in [0.1, 0.15) is 6.92 Å². The lowest BCUT2D eigenvalue weighted by Gasteiger charge is -2.10. The second-order valence-corrected chi connectivity index (χ2v) is 5.07.